The molecular formula is C25H26F3NO3. The summed E-state index contributed by atoms with van der Waals surface area (Å²) >= 11 is 0. The molecule has 0 fully saturated rings. The number of rotatable bonds is 9. The summed E-state index contributed by atoms with van der Waals surface area (Å²) in [6, 6.07) is 20.2. The predicted molar refractivity (Wildman–Crippen MR) is 116 cm³/mol. The molecule has 0 amide bonds. The van der Waals surface area contributed by atoms with Gasteiger partial charge in [0.25, 0.3) is 0 Å². The van der Waals surface area contributed by atoms with E-state index in [4.69, 9.17) is 14.2 Å². The van der Waals surface area contributed by atoms with Crippen LogP contribution >= 0.6 is 0 Å². The summed E-state index contributed by atoms with van der Waals surface area (Å²) in [5, 5.41) is 0. The Morgan fingerprint density at radius 2 is 1.53 bits per heavy atom. The average molecular weight is 445 g/mol. The van der Waals surface area contributed by atoms with Crippen LogP contribution in [0.2, 0.25) is 0 Å². The van der Waals surface area contributed by atoms with Crippen molar-refractivity contribution in [1.82, 2.24) is 4.98 Å². The summed E-state index contributed by atoms with van der Waals surface area (Å²) in [5.74, 6) is 1.48. The third-order valence-corrected chi connectivity index (χ3v) is 4.88. The van der Waals surface area contributed by atoms with Gasteiger partial charge in [-0.1, -0.05) is 36.4 Å². The van der Waals surface area contributed by atoms with E-state index in [1.54, 1.807) is 42.5 Å². The Hall–Kier alpha value is -3.06. The van der Waals surface area contributed by atoms with Crippen molar-refractivity contribution in [3.63, 3.8) is 0 Å². The molecule has 1 aromatic heterocycles. The van der Waals surface area contributed by atoms with E-state index in [-0.39, 0.29) is 18.3 Å². The van der Waals surface area contributed by atoms with Crippen molar-refractivity contribution in [1.29, 1.82) is 0 Å². The van der Waals surface area contributed by atoms with E-state index >= 15 is 0 Å². The molecule has 0 aliphatic heterocycles. The van der Waals surface area contributed by atoms with Crippen molar-refractivity contribution in [3.8, 4) is 17.4 Å². The van der Waals surface area contributed by atoms with Gasteiger partial charge in [0.1, 0.15) is 16.9 Å². The Bertz CT molecular complexity index is 991. The molecule has 0 saturated heterocycles. The molecule has 32 heavy (non-hydrogen) atoms. The first-order valence-corrected chi connectivity index (χ1v) is 10.3. The Morgan fingerprint density at radius 1 is 0.844 bits per heavy atom. The second-order valence-corrected chi connectivity index (χ2v) is 7.90. The zero-order valence-corrected chi connectivity index (χ0v) is 18.2. The van der Waals surface area contributed by atoms with Crippen molar-refractivity contribution in [2.45, 2.75) is 45.1 Å². The Labute approximate surface area is 186 Å². The van der Waals surface area contributed by atoms with Gasteiger partial charge in [-0.15, -0.1) is 0 Å². The number of alkyl halides is 3. The predicted octanol–water partition coefficient (Wildman–Crippen LogP) is 6.70. The average Bonchev–Trinajstić information content (AvgIpc) is 2.74. The van der Waals surface area contributed by atoms with Gasteiger partial charge in [0.15, 0.2) is 0 Å². The summed E-state index contributed by atoms with van der Waals surface area (Å²) in [7, 11) is 0. The Kier molecular flexibility index (Phi) is 7.40. The van der Waals surface area contributed by atoms with Gasteiger partial charge >= 0.3 is 6.18 Å². The zero-order chi connectivity index (χ0) is 23.2. The normalized spacial score (nSPS) is 13.6. The van der Waals surface area contributed by atoms with Gasteiger partial charge in [-0.25, -0.2) is 4.98 Å². The number of aromatic nitrogens is 1. The van der Waals surface area contributed by atoms with Crippen LogP contribution in [0.15, 0.2) is 72.8 Å². The fourth-order valence-electron chi connectivity index (χ4n) is 3.07. The van der Waals surface area contributed by atoms with E-state index in [2.05, 4.69) is 4.98 Å². The van der Waals surface area contributed by atoms with Gasteiger partial charge in [0.2, 0.25) is 5.88 Å². The number of ether oxygens (including phenoxy) is 3. The maximum Gasteiger partial charge on any atom is 0.400 e. The summed E-state index contributed by atoms with van der Waals surface area (Å²) < 4.78 is 58.7. The first-order valence-electron chi connectivity index (χ1n) is 10.3. The van der Waals surface area contributed by atoms with Crippen molar-refractivity contribution < 1.29 is 27.4 Å². The summed E-state index contributed by atoms with van der Waals surface area (Å²) in [6.07, 6.45) is -4.56. The standard InChI is InChI=1S/C25H26F3NO3/c1-18(2)31-22-14-12-19(13-15-22)24(3,25(26,27)28)17-30-16-20-8-7-11-23(29-20)32-21-9-5-4-6-10-21/h4-15,18H,16-17H2,1-3H3. The third-order valence-electron chi connectivity index (χ3n) is 4.88. The van der Waals surface area contributed by atoms with Crippen molar-refractivity contribution >= 4 is 0 Å². The van der Waals surface area contributed by atoms with E-state index in [1.807, 2.05) is 32.0 Å². The first kappa shape index (κ1) is 23.6. The lowest BCUT2D eigenvalue weighted by Gasteiger charge is -2.32. The van der Waals surface area contributed by atoms with Gasteiger partial charge < -0.3 is 14.2 Å². The lowest BCUT2D eigenvalue weighted by atomic mass is 9.82. The fourth-order valence-corrected chi connectivity index (χ4v) is 3.07. The molecule has 4 nitrogen and oxygen atoms in total. The second kappa shape index (κ2) is 10.0. The number of hydrogen-bond acceptors (Lipinski definition) is 4. The second-order valence-electron chi connectivity index (χ2n) is 7.90. The minimum absolute atomic E-state index is 0.0627. The quantitative estimate of drug-likeness (QED) is 0.368. The van der Waals surface area contributed by atoms with Crippen molar-refractivity contribution in [2.24, 2.45) is 0 Å². The first-order chi connectivity index (χ1) is 15.2. The molecule has 0 aliphatic rings. The molecule has 1 atom stereocenters. The molecule has 0 N–H and O–H groups in total. The van der Waals surface area contributed by atoms with Crippen LogP contribution in [0.5, 0.6) is 17.4 Å². The number of nitrogens with zero attached hydrogens (tertiary/aromatic N) is 1. The van der Waals surface area contributed by atoms with Gasteiger partial charge in [-0.2, -0.15) is 13.2 Å². The molecular weight excluding hydrogens is 419 g/mol. The highest BCUT2D eigenvalue weighted by Gasteiger charge is 2.52. The van der Waals surface area contributed by atoms with Crippen LogP contribution in [-0.2, 0) is 16.8 Å². The number of para-hydroxylation sites is 1. The topological polar surface area (TPSA) is 40.6 Å². The van der Waals surface area contributed by atoms with E-state index in [9.17, 15) is 13.2 Å². The molecule has 0 saturated carbocycles. The molecule has 0 aliphatic carbocycles. The van der Waals surface area contributed by atoms with E-state index in [0.29, 0.717) is 23.1 Å². The summed E-state index contributed by atoms with van der Waals surface area (Å²) in [6.45, 7) is 4.22. The number of pyridine rings is 1. The van der Waals surface area contributed by atoms with Crippen molar-refractivity contribution in [3.05, 3.63) is 84.1 Å². The van der Waals surface area contributed by atoms with Crippen LogP contribution in [0, 0.1) is 0 Å². The molecule has 1 unspecified atom stereocenters. The lowest BCUT2D eigenvalue weighted by Crippen LogP contribution is -2.43. The van der Waals surface area contributed by atoms with Crippen LogP contribution in [0.25, 0.3) is 0 Å². The third kappa shape index (κ3) is 6.01. The largest absolute Gasteiger partial charge is 0.491 e. The highest BCUT2D eigenvalue weighted by atomic mass is 19.4. The molecule has 2 aromatic carbocycles. The maximum atomic E-state index is 14.0. The Balaban J connectivity index is 1.68. The fraction of sp³-hybridized carbons (Fsp3) is 0.320. The molecule has 0 spiro atoms. The minimum Gasteiger partial charge on any atom is -0.491 e. The molecule has 170 valence electrons. The lowest BCUT2D eigenvalue weighted by molar-refractivity contribution is -0.201. The van der Waals surface area contributed by atoms with Gasteiger partial charge in [0.05, 0.1) is 25.0 Å². The van der Waals surface area contributed by atoms with Crippen LogP contribution < -0.4 is 9.47 Å². The van der Waals surface area contributed by atoms with Gasteiger partial charge in [0, 0.05) is 6.07 Å². The maximum absolute atomic E-state index is 14.0. The smallest absolute Gasteiger partial charge is 0.400 e. The van der Waals surface area contributed by atoms with Gasteiger partial charge in [-0.3, -0.25) is 0 Å². The highest BCUT2D eigenvalue weighted by Crippen LogP contribution is 2.41. The number of benzene rings is 2. The van der Waals surface area contributed by atoms with Crippen LogP contribution in [0.3, 0.4) is 0 Å². The SMILES string of the molecule is CC(C)Oc1ccc(C(C)(COCc2cccc(Oc3ccccc3)n2)C(F)(F)F)cc1. The molecule has 7 heteroatoms. The molecule has 0 radical (unpaired) electrons. The van der Waals surface area contributed by atoms with Crippen molar-refractivity contribution in [2.75, 3.05) is 6.61 Å². The van der Waals surface area contributed by atoms with E-state index in [1.165, 1.54) is 12.1 Å². The molecule has 3 rings (SSSR count). The molecule has 0 bridgehead atoms. The monoisotopic (exact) mass is 445 g/mol. The van der Waals surface area contributed by atoms with Crippen LogP contribution in [0.1, 0.15) is 32.0 Å². The highest BCUT2D eigenvalue weighted by molar-refractivity contribution is 5.33. The molecule has 1 heterocycles. The zero-order valence-electron chi connectivity index (χ0n) is 18.2. The van der Waals surface area contributed by atoms with E-state index < -0.39 is 18.2 Å². The Morgan fingerprint density at radius 3 is 2.16 bits per heavy atom. The van der Waals surface area contributed by atoms with Crippen LogP contribution in [0.4, 0.5) is 13.2 Å². The molecule has 3 aromatic rings. The summed E-state index contributed by atoms with van der Waals surface area (Å²) in [5.41, 5.74) is -1.60. The van der Waals surface area contributed by atoms with Crippen LogP contribution in [-0.4, -0.2) is 23.9 Å². The van der Waals surface area contributed by atoms with E-state index in [0.717, 1.165) is 6.92 Å². The number of halogens is 3. The minimum atomic E-state index is -4.50. The number of hydrogen-bond donors (Lipinski definition) is 0. The summed E-state index contributed by atoms with van der Waals surface area (Å²) in [4.78, 5) is 4.32. The van der Waals surface area contributed by atoms with Gasteiger partial charge in [-0.05, 0) is 56.7 Å².